The van der Waals surface area contributed by atoms with Gasteiger partial charge in [0.1, 0.15) is 30.4 Å². The van der Waals surface area contributed by atoms with Gasteiger partial charge in [0, 0.05) is 0 Å². The molecule has 1 atom stereocenters. The van der Waals surface area contributed by atoms with Crippen molar-refractivity contribution in [1.29, 1.82) is 0 Å². The van der Waals surface area contributed by atoms with Gasteiger partial charge in [-0.15, -0.1) is 0 Å². The Bertz CT molecular complexity index is 854. The molecule has 104 valence electrons. The first-order valence-corrected chi connectivity index (χ1v) is 6.90. The second-order valence-corrected chi connectivity index (χ2v) is 5.30. The molecule has 0 aliphatic heterocycles. The van der Waals surface area contributed by atoms with Gasteiger partial charge >= 0.3 is 0 Å². The molecule has 0 bridgehead atoms. The highest BCUT2D eigenvalue weighted by molar-refractivity contribution is 6.12. The third kappa shape index (κ3) is 2.27. The number of benzene rings is 2. The number of fused-ring (bicyclic) bond motifs is 1. The van der Waals surface area contributed by atoms with Crippen molar-refractivity contribution in [3.8, 4) is 11.1 Å². The quantitative estimate of drug-likeness (QED) is 0.674. The van der Waals surface area contributed by atoms with Crippen LogP contribution in [0.3, 0.4) is 0 Å². The Kier molecular flexibility index (Phi) is 3.38. The summed E-state index contributed by atoms with van der Waals surface area (Å²) in [6.07, 6.45) is 0. The van der Waals surface area contributed by atoms with Gasteiger partial charge in [0.15, 0.2) is 0 Å². The molecule has 0 aliphatic carbocycles. The SMILES string of the molecule is BC(C)c1oc2cccc(F)c2c(=O)c1-c1ccccc1. The Morgan fingerprint density at radius 2 is 1.81 bits per heavy atom. The minimum Gasteiger partial charge on any atom is -0.461 e. The van der Waals surface area contributed by atoms with Crippen LogP contribution in [0, 0.1) is 5.82 Å². The smallest absolute Gasteiger partial charge is 0.203 e. The van der Waals surface area contributed by atoms with Crippen LogP contribution in [0.15, 0.2) is 57.7 Å². The molecule has 0 N–H and O–H groups in total. The predicted octanol–water partition coefficient (Wildman–Crippen LogP) is 3.29. The molecular formula is C17H14BFO2. The predicted molar refractivity (Wildman–Crippen MR) is 84.8 cm³/mol. The molecule has 21 heavy (non-hydrogen) atoms. The zero-order chi connectivity index (χ0) is 15.0. The van der Waals surface area contributed by atoms with Gasteiger partial charge in [-0.05, 0) is 23.5 Å². The highest BCUT2D eigenvalue weighted by Gasteiger charge is 2.20. The van der Waals surface area contributed by atoms with Crippen molar-refractivity contribution < 1.29 is 8.81 Å². The van der Waals surface area contributed by atoms with E-state index in [9.17, 15) is 9.18 Å². The highest BCUT2D eigenvalue weighted by atomic mass is 19.1. The van der Waals surface area contributed by atoms with Gasteiger partial charge in [0.25, 0.3) is 0 Å². The summed E-state index contributed by atoms with van der Waals surface area (Å²) in [7, 11) is 1.95. The van der Waals surface area contributed by atoms with E-state index in [0.717, 1.165) is 5.56 Å². The van der Waals surface area contributed by atoms with Crippen LogP contribution >= 0.6 is 0 Å². The summed E-state index contributed by atoms with van der Waals surface area (Å²) in [5.41, 5.74) is 1.18. The third-order valence-corrected chi connectivity index (χ3v) is 3.48. The summed E-state index contributed by atoms with van der Waals surface area (Å²) in [6.45, 7) is 1.95. The summed E-state index contributed by atoms with van der Waals surface area (Å²) < 4.78 is 19.8. The standard InChI is InChI=1S/C17H14BFO2/c1-10(18)17-14(11-6-3-2-4-7-11)16(20)15-12(19)8-5-9-13(15)21-17/h2-10H,18H2,1H3. The first-order chi connectivity index (χ1) is 10.1. The van der Waals surface area contributed by atoms with Gasteiger partial charge in [0.05, 0.1) is 5.56 Å². The van der Waals surface area contributed by atoms with E-state index in [-0.39, 0.29) is 16.6 Å². The number of hydrogen-bond acceptors (Lipinski definition) is 2. The summed E-state index contributed by atoms with van der Waals surface area (Å²) in [5.74, 6) is 0.0682. The molecule has 0 fully saturated rings. The second-order valence-electron chi connectivity index (χ2n) is 5.30. The van der Waals surface area contributed by atoms with E-state index < -0.39 is 5.82 Å². The van der Waals surface area contributed by atoms with Crippen molar-refractivity contribution in [1.82, 2.24) is 0 Å². The monoisotopic (exact) mass is 280 g/mol. The normalized spacial score (nSPS) is 12.5. The second kappa shape index (κ2) is 5.21. The lowest BCUT2D eigenvalue weighted by molar-refractivity contribution is 0.536. The largest absolute Gasteiger partial charge is 0.461 e. The number of rotatable bonds is 2. The topological polar surface area (TPSA) is 30.2 Å². The van der Waals surface area contributed by atoms with Crippen LogP contribution in [0.25, 0.3) is 22.1 Å². The molecule has 0 amide bonds. The Hall–Kier alpha value is -2.36. The van der Waals surface area contributed by atoms with Crippen molar-refractivity contribution in [3.63, 3.8) is 0 Å². The highest BCUT2D eigenvalue weighted by Crippen LogP contribution is 2.29. The molecule has 4 heteroatoms. The van der Waals surface area contributed by atoms with Gasteiger partial charge in [-0.2, -0.15) is 0 Å². The van der Waals surface area contributed by atoms with Gasteiger partial charge in [0.2, 0.25) is 5.43 Å². The molecule has 2 aromatic carbocycles. The van der Waals surface area contributed by atoms with Gasteiger partial charge in [-0.3, -0.25) is 4.79 Å². The lowest BCUT2D eigenvalue weighted by Gasteiger charge is -2.13. The average molecular weight is 280 g/mol. The van der Waals surface area contributed by atoms with E-state index in [1.165, 1.54) is 6.07 Å². The molecule has 3 aromatic rings. The van der Waals surface area contributed by atoms with E-state index >= 15 is 0 Å². The summed E-state index contributed by atoms with van der Waals surface area (Å²) in [4.78, 5) is 12.8. The van der Waals surface area contributed by atoms with Crippen LogP contribution < -0.4 is 5.43 Å². The van der Waals surface area contributed by atoms with Gasteiger partial charge < -0.3 is 4.42 Å². The zero-order valence-electron chi connectivity index (χ0n) is 11.9. The molecule has 1 heterocycles. The summed E-state index contributed by atoms with van der Waals surface area (Å²) in [6, 6.07) is 13.7. The minimum absolute atomic E-state index is 0.0146. The molecule has 1 aromatic heterocycles. The maximum atomic E-state index is 14.0. The Balaban J connectivity index is 2.47. The Morgan fingerprint density at radius 1 is 1.10 bits per heavy atom. The molecule has 2 nitrogen and oxygen atoms in total. The Labute approximate surface area is 122 Å². The third-order valence-electron chi connectivity index (χ3n) is 3.48. The lowest BCUT2D eigenvalue weighted by Crippen LogP contribution is -2.12. The van der Waals surface area contributed by atoms with Crippen LogP contribution in [0.4, 0.5) is 4.39 Å². The van der Waals surface area contributed by atoms with E-state index in [2.05, 4.69) is 0 Å². The van der Waals surface area contributed by atoms with Crippen LogP contribution in [0.5, 0.6) is 0 Å². The van der Waals surface area contributed by atoms with Crippen molar-refractivity contribution in [2.45, 2.75) is 12.7 Å². The molecular weight excluding hydrogens is 266 g/mol. The fourth-order valence-corrected chi connectivity index (χ4v) is 2.50. The van der Waals surface area contributed by atoms with Crippen molar-refractivity contribution in [2.24, 2.45) is 0 Å². The number of halogens is 1. The van der Waals surface area contributed by atoms with E-state index in [0.29, 0.717) is 16.9 Å². The van der Waals surface area contributed by atoms with E-state index in [4.69, 9.17) is 4.42 Å². The lowest BCUT2D eigenvalue weighted by atomic mass is 9.83. The summed E-state index contributed by atoms with van der Waals surface area (Å²) in [5, 5.41) is 0.0146. The average Bonchev–Trinajstić information content (AvgIpc) is 2.47. The van der Waals surface area contributed by atoms with Crippen LogP contribution in [-0.2, 0) is 0 Å². The van der Waals surface area contributed by atoms with E-state index in [1.54, 1.807) is 12.1 Å². The molecule has 0 saturated heterocycles. The zero-order valence-corrected chi connectivity index (χ0v) is 11.9. The fourth-order valence-electron chi connectivity index (χ4n) is 2.50. The van der Waals surface area contributed by atoms with Crippen LogP contribution in [0.2, 0.25) is 0 Å². The van der Waals surface area contributed by atoms with Crippen LogP contribution in [-0.4, -0.2) is 7.85 Å². The van der Waals surface area contributed by atoms with Crippen molar-refractivity contribution in [2.75, 3.05) is 0 Å². The molecule has 0 radical (unpaired) electrons. The van der Waals surface area contributed by atoms with E-state index in [1.807, 2.05) is 45.1 Å². The van der Waals surface area contributed by atoms with Crippen molar-refractivity contribution >= 4 is 18.8 Å². The van der Waals surface area contributed by atoms with Crippen molar-refractivity contribution in [3.05, 3.63) is 70.3 Å². The number of hydrogen-bond donors (Lipinski definition) is 0. The maximum absolute atomic E-state index is 14.0. The minimum atomic E-state index is -0.547. The van der Waals surface area contributed by atoms with Gasteiger partial charge in [-0.25, -0.2) is 4.39 Å². The van der Waals surface area contributed by atoms with Gasteiger partial charge in [-0.1, -0.05) is 43.3 Å². The molecule has 0 aliphatic rings. The molecule has 0 saturated carbocycles. The molecule has 3 rings (SSSR count). The summed E-state index contributed by atoms with van der Waals surface area (Å²) >= 11 is 0. The maximum Gasteiger partial charge on any atom is 0.203 e. The fraction of sp³-hybridized carbons (Fsp3) is 0.118. The first-order valence-electron chi connectivity index (χ1n) is 6.90. The molecule has 0 spiro atoms. The molecule has 1 unspecified atom stereocenters. The first kappa shape index (κ1) is 13.6. The van der Waals surface area contributed by atoms with Crippen LogP contribution in [0.1, 0.15) is 18.5 Å². The Morgan fingerprint density at radius 3 is 2.48 bits per heavy atom.